The van der Waals surface area contributed by atoms with E-state index in [4.69, 9.17) is 0 Å². The van der Waals surface area contributed by atoms with E-state index >= 15 is 0 Å². The van der Waals surface area contributed by atoms with Crippen LogP contribution in [0.1, 0.15) is 35.0 Å². The van der Waals surface area contributed by atoms with Crippen LogP contribution in [-0.2, 0) is 12.8 Å². The van der Waals surface area contributed by atoms with Crippen LogP contribution in [0.3, 0.4) is 0 Å². The Bertz CT molecular complexity index is 1250. The van der Waals surface area contributed by atoms with E-state index in [1.54, 1.807) is 18.2 Å². The molecule has 0 bridgehead atoms. The first-order chi connectivity index (χ1) is 14.5. The van der Waals surface area contributed by atoms with Gasteiger partial charge < -0.3 is 14.9 Å². The Labute approximate surface area is 176 Å². The summed E-state index contributed by atoms with van der Waals surface area (Å²) in [5, 5.41) is 12.6. The molecule has 2 N–H and O–H groups in total. The number of nitrogens with one attached hydrogen (secondary N) is 2. The minimum absolute atomic E-state index is 0.160. The fraction of sp³-hybridized carbons (Fsp3) is 0.190. The van der Waals surface area contributed by atoms with Crippen molar-refractivity contribution >= 4 is 28.6 Å². The zero-order chi connectivity index (χ0) is 21.1. The minimum atomic E-state index is -0.317. The smallest absolute Gasteiger partial charge is 0.258 e. The summed E-state index contributed by atoms with van der Waals surface area (Å²) in [4.78, 5) is 31.9. The van der Waals surface area contributed by atoms with E-state index < -0.39 is 0 Å². The second-order valence-corrected chi connectivity index (χ2v) is 7.72. The Kier molecular flexibility index (Phi) is 5.62. The molecule has 8 nitrogen and oxygen atoms in total. The molecule has 0 aliphatic rings. The maximum atomic E-state index is 12.4. The molecule has 1 amide bonds. The van der Waals surface area contributed by atoms with E-state index in [0.717, 1.165) is 0 Å². The number of fused-ring (bicyclic) bond motifs is 1. The molecule has 0 aliphatic heterocycles. The average molecular weight is 420 g/mol. The zero-order valence-corrected chi connectivity index (χ0v) is 17.3. The van der Waals surface area contributed by atoms with Crippen LogP contribution in [0.15, 0.2) is 64.5 Å². The third kappa shape index (κ3) is 4.11. The quantitative estimate of drug-likeness (QED) is 0.465. The van der Waals surface area contributed by atoms with Gasteiger partial charge in [0.2, 0.25) is 0 Å². The number of carbonyl (C=O) groups excluding carboxylic acids is 1. The number of amides is 1. The number of aromatic nitrogens is 5. The summed E-state index contributed by atoms with van der Waals surface area (Å²) in [6, 6.07) is 15.9. The predicted octanol–water partition coefficient (Wildman–Crippen LogP) is 2.83. The fourth-order valence-electron chi connectivity index (χ4n) is 3.10. The van der Waals surface area contributed by atoms with Gasteiger partial charge in [-0.25, -0.2) is 4.98 Å². The van der Waals surface area contributed by atoms with Crippen molar-refractivity contribution in [2.24, 2.45) is 7.05 Å². The molecule has 152 valence electrons. The molecule has 4 aromatic rings. The number of rotatable bonds is 6. The lowest BCUT2D eigenvalue weighted by atomic mass is 10.2. The molecule has 9 heteroatoms. The van der Waals surface area contributed by atoms with E-state index in [1.165, 1.54) is 11.8 Å². The van der Waals surface area contributed by atoms with Crippen LogP contribution in [0.4, 0.5) is 0 Å². The first-order valence-corrected chi connectivity index (χ1v) is 10.4. The molecule has 30 heavy (non-hydrogen) atoms. The second kappa shape index (κ2) is 8.50. The lowest BCUT2D eigenvalue weighted by molar-refractivity contribution is 0.0937. The van der Waals surface area contributed by atoms with E-state index in [1.807, 2.05) is 54.9 Å². The summed E-state index contributed by atoms with van der Waals surface area (Å²) in [7, 11) is 1.85. The summed E-state index contributed by atoms with van der Waals surface area (Å²) in [6.45, 7) is 1.86. The molecule has 0 spiro atoms. The first kappa shape index (κ1) is 19.8. The SMILES string of the molecule is C[C@@H](NC(=O)c1ccccc1)c1nnc(SCc2nc3ccccc3c(=O)[nH]2)n1C. The van der Waals surface area contributed by atoms with Crippen molar-refractivity contribution in [1.29, 1.82) is 0 Å². The summed E-state index contributed by atoms with van der Waals surface area (Å²) in [5.41, 5.74) is 1.09. The maximum absolute atomic E-state index is 12.4. The number of nitrogens with zero attached hydrogens (tertiary/aromatic N) is 4. The van der Waals surface area contributed by atoms with Gasteiger partial charge in [-0.15, -0.1) is 10.2 Å². The summed E-state index contributed by atoms with van der Waals surface area (Å²) in [5.74, 6) is 1.48. The molecule has 2 heterocycles. The van der Waals surface area contributed by atoms with E-state index in [0.29, 0.717) is 39.0 Å². The highest BCUT2D eigenvalue weighted by molar-refractivity contribution is 7.98. The molecule has 1 atom stereocenters. The van der Waals surface area contributed by atoms with Crippen molar-refractivity contribution < 1.29 is 4.79 Å². The lowest BCUT2D eigenvalue weighted by Gasteiger charge is -2.13. The number of carbonyl (C=O) groups is 1. The van der Waals surface area contributed by atoms with Crippen LogP contribution in [0.25, 0.3) is 10.9 Å². The molecule has 0 fully saturated rings. The number of H-pyrrole nitrogens is 1. The Balaban J connectivity index is 1.46. The summed E-state index contributed by atoms with van der Waals surface area (Å²) < 4.78 is 1.83. The predicted molar refractivity (Wildman–Crippen MR) is 115 cm³/mol. The van der Waals surface area contributed by atoms with Gasteiger partial charge in [0.25, 0.3) is 11.5 Å². The van der Waals surface area contributed by atoms with E-state index in [9.17, 15) is 9.59 Å². The molecular formula is C21H20N6O2S. The fourth-order valence-corrected chi connectivity index (χ4v) is 3.89. The highest BCUT2D eigenvalue weighted by Crippen LogP contribution is 2.22. The molecule has 4 rings (SSSR count). The minimum Gasteiger partial charge on any atom is -0.342 e. The van der Waals surface area contributed by atoms with Crippen molar-refractivity contribution in [2.75, 3.05) is 0 Å². The Morgan fingerprint density at radius 3 is 2.67 bits per heavy atom. The maximum Gasteiger partial charge on any atom is 0.258 e. The molecule has 2 aromatic carbocycles. The Morgan fingerprint density at radius 2 is 1.87 bits per heavy atom. The van der Waals surface area contributed by atoms with Crippen LogP contribution >= 0.6 is 11.8 Å². The summed E-state index contributed by atoms with van der Waals surface area (Å²) >= 11 is 1.41. The topological polar surface area (TPSA) is 106 Å². The van der Waals surface area contributed by atoms with Gasteiger partial charge >= 0.3 is 0 Å². The largest absolute Gasteiger partial charge is 0.342 e. The van der Waals surface area contributed by atoms with Crippen molar-refractivity contribution in [2.45, 2.75) is 23.9 Å². The van der Waals surface area contributed by atoms with Crippen LogP contribution in [-0.4, -0.2) is 30.6 Å². The molecule has 2 aromatic heterocycles. The van der Waals surface area contributed by atoms with Crippen molar-refractivity contribution in [1.82, 2.24) is 30.0 Å². The highest BCUT2D eigenvalue weighted by atomic mass is 32.2. The van der Waals surface area contributed by atoms with Crippen LogP contribution in [0.2, 0.25) is 0 Å². The first-order valence-electron chi connectivity index (χ1n) is 9.39. The van der Waals surface area contributed by atoms with Gasteiger partial charge in [-0.3, -0.25) is 9.59 Å². The second-order valence-electron chi connectivity index (χ2n) is 6.78. The number of para-hydroxylation sites is 1. The monoisotopic (exact) mass is 420 g/mol. The van der Waals surface area contributed by atoms with E-state index in [-0.39, 0.29) is 17.5 Å². The van der Waals surface area contributed by atoms with Crippen LogP contribution in [0.5, 0.6) is 0 Å². The van der Waals surface area contributed by atoms with Gasteiger partial charge in [0.1, 0.15) is 5.82 Å². The molecule has 0 saturated carbocycles. The van der Waals surface area contributed by atoms with Crippen molar-refractivity contribution in [3.05, 3.63) is 82.2 Å². The number of hydrogen-bond acceptors (Lipinski definition) is 6. The normalized spacial score (nSPS) is 12.1. The standard InChI is InChI=1S/C21H20N6O2S/c1-13(22-19(28)14-8-4-3-5-9-14)18-25-26-21(27(18)2)30-12-17-23-16-11-7-6-10-15(16)20(29)24-17/h3-11,13H,12H2,1-2H3,(H,22,28)(H,23,24,29)/t13-/m1/s1. The highest BCUT2D eigenvalue weighted by Gasteiger charge is 2.18. The third-order valence-corrected chi connectivity index (χ3v) is 5.67. The van der Waals surface area contributed by atoms with Gasteiger partial charge in [0.05, 0.1) is 22.7 Å². The Hall–Kier alpha value is -3.46. The number of benzene rings is 2. The lowest BCUT2D eigenvalue weighted by Crippen LogP contribution is -2.28. The van der Waals surface area contributed by atoms with Gasteiger partial charge in [-0.1, -0.05) is 42.1 Å². The molecular weight excluding hydrogens is 400 g/mol. The van der Waals surface area contributed by atoms with Gasteiger partial charge in [0, 0.05) is 12.6 Å². The molecule has 0 radical (unpaired) electrons. The van der Waals surface area contributed by atoms with Crippen molar-refractivity contribution in [3.63, 3.8) is 0 Å². The molecule has 0 aliphatic carbocycles. The molecule has 0 saturated heterocycles. The van der Waals surface area contributed by atoms with Gasteiger partial charge in [-0.2, -0.15) is 0 Å². The Morgan fingerprint density at radius 1 is 1.13 bits per heavy atom. The zero-order valence-electron chi connectivity index (χ0n) is 16.5. The van der Waals surface area contributed by atoms with Crippen molar-refractivity contribution in [3.8, 4) is 0 Å². The number of aromatic amines is 1. The number of hydrogen-bond donors (Lipinski definition) is 2. The van der Waals surface area contributed by atoms with Gasteiger partial charge in [0.15, 0.2) is 11.0 Å². The number of thioether (sulfide) groups is 1. The van der Waals surface area contributed by atoms with Crippen LogP contribution < -0.4 is 10.9 Å². The third-order valence-electron chi connectivity index (χ3n) is 4.64. The van der Waals surface area contributed by atoms with E-state index in [2.05, 4.69) is 25.5 Å². The average Bonchev–Trinajstić information content (AvgIpc) is 3.13. The summed E-state index contributed by atoms with van der Waals surface area (Å²) in [6.07, 6.45) is 0. The van der Waals surface area contributed by atoms with Crippen LogP contribution in [0, 0.1) is 0 Å². The van der Waals surface area contributed by atoms with Gasteiger partial charge in [-0.05, 0) is 31.2 Å². The molecule has 0 unspecified atom stereocenters.